The number of benzene rings is 1. The number of hydrogen-bond donors (Lipinski definition) is 2. The molecule has 82 valence electrons. The topological polar surface area (TPSA) is 49.3 Å². The fraction of sp³-hybridized carbons (Fsp3) is 0. The van der Waals surface area contributed by atoms with Crippen LogP contribution in [0.3, 0.4) is 0 Å². The molecule has 0 radical (unpaired) electrons. The molecule has 1 amide bonds. The summed E-state index contributed by atoms with van der Waals surface area (Å²) in [5.74, 6) is -0.454. The maximum absolute atomic E-state index is 11.0. The van der Waals surface area contributed by atoms with E-state index in [4.69, 9.17) is 23.2 Å². The highest BCUT2D eigenvalue weighted by Crippen LogP contribution is 2.24. The Morgan fingerprint density at radius 1 is 1.31 bits per heavy atom. The third-order valence-corrected chi connectivity index (χ3v) is 2.63. The highest BCUT2D eigenvalue weighted by atomic mass is 35.5. The fourth-order valence-corrected chi connectivity index (χ4v) is 1.78. The summed E-state index contributed by atoms with van der Waals surface area (Å²) < 4.78 is 0. The van der Waals surface area contributed by atoms with Crippen molar-refractivity contribution in [2.24, 2.45) is 0 Å². The molecule has 2 N–H and O–H groups in total. The molecule has 0 spiro atoms. The first-order chi connectivity index (χ1) is 7.56. The number of halogens is 2. The van der Waals surface area contributed by atoms with Crippen LogP contribution in [-0.4, -0.2) is 11.0 Å². The minimum Gasteiger partial charge on any atom is -0.506 e. The van der Waals surface area contributed by atoms with Crippen LogP contribution in [0.5, 0.6) is 0 Å². The molecule has 0 aromatic heterocycles. The molecule has 0 saturated carbocycles. The number of aliphatic hydroxyl groups is 1. The van der Waals surface area contributed by atoms with E-state index in [1.807, 2.05) is 0 Å². The van der Waals surface area contributed by atoms with E-state index >= 15 is 0 Å². The van der Waals surface area contributed by atoms with Gasteiger partial charge < -0.3 is 10.4 Å². The lowest BCUT2D eigenvalue weighted by molar-refractivity contribution is -0.115. The summed E-state index contributed by atoms with van der Waals surface area (Å²) in [4.78, 5) is 11.0. The van der Waals surface area contributed by atoms with Gasteiger partial charge in [0, 0.05) is 16.1 Å². The molecule has 0 atom stereocenters. The summed E-state index contributed by atoms with van der Waals surface area (Å²) in [6.45, 7) is 0. The van der Waals surface area contributed by atoms with Gasteiger partial charge in [0.05, 0.1) is 5.70 Å². The number of nitrogens with one attached hydrogen (secondary N) is 1. The Hall–Kier alpha value is -1.45. The lowest BCUT2D eigenvalue weighted by Crippen LogP contribution is -2.13. The quantitative estimate of drug-likeness (QED) is 0.811. The van der Waals surface area contributed by atoms with E-state index in [9.17, 15) is 9.90 Å². The third-order valence-electron chi connectivity index (χ3n) is 2.06. The van der Waals surface area contributed by atoms with Crippen LogP contribution < -0.4 is 5.32 Å². The van der Waals surface area contributed by atoms with E-state index in [1.54, 1.807) is 24.3 Å². The molecule has 0 unspecified atom stereocenters. The second-order valence-electron chi connectivity index (χ2n) is 3.24. The van der Waals surface area contributed by atoms with Gasteiger partial charge in [-0.05, 0) is 23.8 Å². The number of carbonyl (C=O) groups excluding carboxylic acids is 1. The zero-order valence-corrected chi connectivity index (χ0v) is 9.51. The van der Waals surface area contributed by atoms with Crippen molar-refractivity contribution in [3.8, 4) is 0 Å². The van der Waals surface area contributed by atoms with Gasteiger partial charge >= 0.3 is 0 Å². The van der Waals surface area contributed by atoms with E-state index in [1.165, 1.54) is 0 Å². The molecule has 0 saturated heterocycles. The van der Waals surface area contributed by atoms with Crippen LogP contribution in [0.15, 0.2) is 35.7 Å². The highest BCUT2D eigenvalue weighted by molar-refractivity contribution is 6.35. The number of amides is 1. The van der Waals surface area contributed by atoms with Crippen LogP contribution in [0.1, 0.15) is 5.56 Å². The number of aliphatic hydroxyl groups excluding tert-OH is 1. The molecule has 5 heteroatoms. The van der Waals surface area contributed by atoms with E-state index in [2.05, 4.69) is 5.32 Å². The first-order valence-corrected chi connectivity index (χ1v) is 5.20. The molecule has 1 aromatic carbocycles. The molecule has 1 aliphatic heterocycles. The second-order valence-corrected chi connectivity index (χ2v) is 4.09. The highest BCUT2D eigenvalue weighted by Gasteiger charge is 2.16. The molecule has 1 aliphatic rings. The Labute approximate surface area is 102 Å². The zero-order chi connectivity index (χ0) is 11.7. The standard InChI is InChI=1S/C11H7Cl2NO2/c12-7-2-1-6(8(13)4-7)3-9-10(15)5-11(16)14-9/h1-5,15H,(H,14,16)/b9-3-. The van der Waals surface area contributed by atoms with Crippen LogP contribution >= 0.6 is 23.2 Å². The molecular formula is C11H7Cl2NO2. The smallest absolute Gasteiger partial charge is 0.252 e. The van der Waals surface area contributed by atoms with Crippen molar-refractivity contribution in [1.82, 2.24) is 5.32 Å². The summed E-state index contributed by atoms with van der Waals surface area (Å²) in [7, 11) is 0. The number of carbonyl (C=O) groups is 1. The van der Waals surface area contributed by atoms with Crippen LogP contribution in [0.4, 0.5) is 0 Å². The number of hydrogen-bond acceptors (Lipinski definition) is 2. The minimum absolute atomic E-state index is 0.101. The lowest BCUT2D eigenvalue weighted by atomic mass is 10.2. The van der Waals surface area contributed by atoms with Gasteiger partial charge in [-0.15, -0.1) is 0 Å². The largest absolute Gasteiger partial charge is 0.506 e. The van der Waals surface area contributed by atoms with Gasteiger partial charge in [-0.2, -0.15) is 0 Å². The Morgan fingerprint density at radius 2 is 2.06 bits per heavy atom. The van der Waals surface area contributed by atoms with Gasteiger partial charge in [-0.1, -0.05) is 29.3 Å². The van der Waals surface area contributed by atoms with Gasteiger partial charge in [-0.3, -0.25) is 4.79 Å². The molecule has 0 aliphatic carbocycles. The molecule has 2 rings (SSSR count). The maximum atomic E-state index is 11.0. The number of rotatable bonds is 1. The molecule has 16 heavy (non-hydrogen) atoms. The van der Waals surface area contributed by atoms with E-state index in [-0.39, 0.29) is 11.7 Å². The summed E-state index contributed by atoms with van der Waals surface area (Å²) in [6.07, 6.45) is 2.69. The predicted molar refractivity (Wildman–Crippen MR) is 63.3 cm³/mol. The SMILES string of the molecule is O=C1C=C(O)/C(=C/c2ccc(Cl)cc2Cl)N1. The minimum atomic E-state index is -0.353. The first-order valence-electron chi connectivity index (χ1n) is 4.45. The lowest BCUT2D eigenvalue weighted by Gasteiger charge is -2.02. The van der Waals surface area contributed by atoms with Gasteiger partial charge in [0.15, 0.2) is 0 Å². The second kappa shape index (κ2) is 4.20. The summed E-state index contributed by atoms with van der Waals surface area (Å²) in [5.41, 5.74) is 0.998. The monoisotopic (exact) mass is 255 g/mol. The summed E-state index contributed by atoms with van der Waals surface area (Å²) >= 11 is 11.7. The van der Waals surface area contributed by atoms with E-state index in [0.717, 1.165) is 6.08 Å². The Morgan fingerprint density at radius 3 is 2.62 bits per heavy atom. The van der Waals surface area contributed by atoms with Crippen molar-refractivity contribution >= 4 is 35.2 Å². The van der Waals surface area contributed by atoms with Crippen molar-refractivity contribution in [3.63, 3.8) is 0 Å². The van der Waals surface area contributed by atoms with Crippen LogP contribution in [0, 0.1) is 0 Å². The molecule has 0 fully saturated rings. The predicted octanol–water partition coefficient (Wildman–Crippen LogP) is 2.91. The van der Waals surface area contributed by atoms with Crippen LogP contribution in [0.2, 0.25) is 10.0 Å². The van der Waals surface area contributed by atoms with Gasteiger partial charge in [0.25, 0.3) is 5.91 Å². The molecular weight excluding hydrogens is 249 g/mol. The normalized spacial score (nSPS) is 17.5. The van der Waals surface area contributed by atoms with Crippen molar-refractivity contribution in [2.45, 2.75) is 0 Å². The van der Waals surface area contributed by atoms with Crippen molar-refractivity contribution in [2.75, 3.05) is 0 Å². The zero-order valence-electron chi connectivity index (χ0n) is 8.00. The third kappa shape index (κ3) is 2.21. The summed E-state index contributed by atoms with van der Waals surface area (Å²) in [5, 5.41) is 12.9. The molecule has 1 heterocycles. The van der Waals surface area contributed by atoms with E-state index in [0.29, 0.717) is 21.3 Å². The average molecular weight is 256 g/mol. The fourth-order valence-electron chi connectivity index (χ4n) is 1.32. The average Bonchev–Trinajstić information content (AvgIpc) is 2.50. The Kier molecular flexibility index (Phi) is 2.90. The Balaban J connectivity index is 2.37. The molecule has 1 aromatic rings. The summed E-state index contributed by atoms with van der Waals surface area (Å²) in [6, 6.07) is 4.97. The Bertz CT molecular complexity index is 521. The molecule has 0 bridgehead atoms. The van der Waals surface area contributed by atoms with Gasteiger partial charge in [0.1, 0.15) is 5.76 Å². The van der Waals surface area contributed by atoms with Gasteiger partial charge in [0.2, 0.25) is 0 Å². The van der Waals surface area contributed by atoms with Crippen molar-refractivity contribution in [3.05, 3.63) is 51.3 Å². The van der Waals surface area contributed by atoms with Crippen LogP contribution in [-0.2, 0) is 4.79 Å². The van der Waals surface area contributed by atoms with Crippen molar-refractivity contribution in [1.29, 1.82) is 0 Å². The molecule has 3 nitrogen and oxygen atoms in total. The van der Waals surface area contributed by atoms with Gasteiger partial charge in [-0.25, -0.2) is 0 Å². The van der Waals surface area contributed by atoms with E-state index < -0.39 is 0 Å². The van der Waals surface area contributed by atoms with Crippen molar-refractivity contribution < 1.29 is 9.90 Å². The maximum Gasteiger partial charge on any atom is 0.252 e. The first kappa shape index (κ1) is 11.0. The van der Waals surface area contributed by atoms with Crippen LogP contribution in [0.25, 0.3) is 6.08 Å².